The Labute approximate surface area is 83.6 Å². The zero-order valence-corrected chi connectivity index (χ0v) is 8.64. The van der Waals surface area contributed by atoms with Crippen molar-refractivity contribution in [1.29, 1.82) is 0 Å². The Hall–Kier alpha value is -0.570. The molecule has 0 fully saturated rings. The van der Waals surface area contributed by atoms with Crippen LogP contribution >= 0.6 is 11.6 Å². The molecule has 0 saturated carbocycles. The maximum atomic E-state index is 5.96. The van der Waals surface area contributed by atoms with E-state index in [1.165, 1.54) is 0 Å². The second kappa shape index (κ2) is 4.61. The van der Waals surface area contributed by atoms with Crippen LogP contribution in [0.15, 0.2) is 18.2 Å². The third-order valence-corrected chi connectivity index (χ3v) is 2.46. The fourth-order valence-corrected chi connectivity index (χ4v) is 1.48. The lowest BCUT2D eigenvalue weighted by Crippen LogP contribution is -2.17. The highest BCUT2D eigenvalue weighted by Crippen LogP contribution is 2.22. The summed E-state index contributed by atoms with van der Waals surface area (Å²) in [6.07, 6.45) is 0. The van der Waals surface area contributed by atoms with Gasteiger partial charge in [0.25, 0.3) is 0 Å². The van der Waals surface area contributed by atoms with Crippen molar-refractivity contribution in [2.75, 3.05) is 13.7 Å². The normalized spacial score (nSPS) is 12.9. The highest BCUT2D eigenvalue weighted by molar-refractivity contribution is 6.31. The fourth-order valence-electron chi connectivity index (χ4n) is 1.30. The van der Waals surface area contributed by atoms with E-state index in [-0.39, 0.29) is 6.04 Å². The van der Waals surface area contributed by atoms with E-state index in [1.807, 2.05) is 25.1 Å². The molecular weight excluding hydrogens is 186 g/mol. The summed E-state index contributed by atoms with van der Waals surface area (Å²) in [6, 6.07) is 5.65. The Morgan fingerprint density at radius 1 is 1.54 bits per heavy atom. The predicted molar refractivity (Wildman–Crippen MR) is 55.0 cm³/mol. The lowest BCUT2D eigenvalue weighted by molar-refractivity contribution is 0.180. The first-order valence-electron chi connectivity index (χ1n) is 4.16. The van der Waals surface area contributed by atoms with Gasteiger partial charge in [-0.3, -0.25) is 0 Å². The lowest BCUT2D eigenvalue weighted by Gasteiger charge is -2.14. The zero-order valence-electron chi connectivity index (χ0n) is 7.88. The van der Waals surface area contributed by atoms with Gasteiger partial charge in [0.05, 0.1) is 12.6 Å². The molecule has 0 aromatic heterocycles. The maximum absolute atomic E-state index is 5.96. The van der Waals surface area contributed by atoms with E-state index in [9.17, 15) is 0 Å². The molecule has 0 spiro atoms. The molecule has 0 aliphatic rings. The van der Waals surface area contributed by atoms with Crippen molar-refractivity contribution in [3.05, 3.63) is 34.3 Å². The third kappa shape index (κ3) is 2.44. The van der Waals surface area contributed by atoms with E-state index < -0.39 is 0 Å². The first-order valence-corrected chi connectivity index (χ1v) is 4.54. The van der Waals surface area contributed by atoms with Gasteiger partial charge in [-0.2, -0.15) is 0 Å². The van der Waals surface area contributed by atoms with Crippen molar-refractivity contribution >= 4 is 11.6 Å². The Balaban J connectivity index is 2.93. The molecule has 0 heterocycles. The molecule has 72 valence electrons. The van der Waals surface area contributed by atoms with Gasteiger partial charge in [0, 0.05) is 12.1 Å². The molecule has 2 nitrogen and oxygen atoms in total. The van der Waals surface area contributed by atoms with Crippen LogP contribution < -0.4 is 5.73 Å². The SMILES string of the molecule is COC[C@@H](N)c1cccc(Cl)c1C. The Kier molecular flexibility index (Phi) is 3.72. The number of hydrogen-bond donors (Lipinski definition) is 1. The van der Waals surface area contributed by atoms with Crippen LogP contribution in [-0.2, 0) is 4.74 Å². The number of benzene rings is 1. The van der Waals surface area contributed by atoms with Crippen LogP contribution in [0.25, 0.3) is 0 Å². The average molecular weight is 200 g/mol. The second-order valence-electron chi connectivity index (χ2n) is 3.02. The minimum absolute atomic E-state index is 0.0938. The average Bonchev–Trinajstić information content (AvgIpc) is 2.10. The van der Waals surface area contributed by atoms with Crippen molar-refractivity contribution in [1.82, 2.24) is 0 Å². The van der Waals surface area contributed by atoms with Crippen LogP contribution in [0.4, 0.5) is 0 Å². The maximum Gasteiger partial charge on any atom is 0.0655 e. The molecule has 0 radical (unpaired) electrons. The lowest BCUT2D eigenvalue weighted by atomic mass is 10.0. The van der Waals surface area contributed by atoms with E-state index in [1.54, 1.807) is 7.11 Å². The molecule has 1 rings (SSSR count). The number of ether oxygens (including phenoxy) is 1. The molecule has 0 aliphatic heterocycles. The summed E-state index contributed by atoms with van der Waals surface area (Å²) in [5.41, 5.74) is 7.98. The molecule has 1 atom stereocenters. The molecule has 2 N–H and O–H groups in total. The van der Waals surface area contributed by atoms with Crippen molar-refractivity contribution in [3.63, 3.8) is 0 Å². The molecule has 0 saturated heterocycles. The molecule has 0 amide bonds. The number of rotatable bonds is 3. The summed E-state index contributed by atoms with van der Waals surface area (Å²) in [4.78, 5) is 0. The van der Waals surface area contributed by atoms with Crippen molar-refractivity contribution in [2.24, 2.45) is 5.73 Å². The number of nitrogens with two attached hydrogens (primary N) is 1. The van der Waals surface area contributed by atoms with Crippen molar-refractivity contribution in [3.8, 4) is 0 Å². The highest BCUT2D eigenvalue weighted by Gasteiger charge is 2.09. The summed E-state index contributed by atoms with van der Waals surface area (Å²) in [5, 5.41) is 0.754. The van der Waals surface area contributed by atoms with Crippen LogP contribution in [0.5, 0.6) is 0 Å². The van der Waals surface area contributed by atoms with Crippen LogP contribution in [-0.4, -0.2) is 13.7 Å². The van der Waals surface area contributed by atoms with Crippen molar-refractivity contribution < 1.29 is 4.74 Å². The van der Waals surface area contributed by atoms with Gasteiger partial charge in [0.15, 0.2) is 0 Å². The standard InChI is InChI=1S/C10H14ClNO/c1-7-8(10(12)6-13-2)4-3-5-9(7)11/h3-5,10H,6,12H2,1-2H3/t10-/m1/s1. The van der Waals surface area contributed by atoms with Gasteiger partial charge in [-0.15, -0.1) is 0 Å². The predicted octanol–water partition coefficient (Wildman–Crippen LogP) is 2.29. The molecule has 3 heteroatoms. The highest BCUT2D eigenvalue weighted by atomic mass is 35.5. The summed E-state index contributed by atoms with van der Waals surface area (Å²) in [7, 11) is 1.64. The number of methoxy groups -OCH3 is 1. The largest absolute Gasteiger partial charge is 0.383 e. The van der Waals surface area contributed by atoms with Crippen LogP contribution in [0, 0.1) is 6.92 Å². The van der Waals surface area contributed by atoms with Crippen LogP contribution in [0.2, 0.25) is 5.02 Å². The van der Waals surface area contributed by atoms with Gasteiger partial charge in [0.2, 0.25) is 0 Å². The monoisotopic (exact) mass is 199 g/mol. The van der Waals surface area contributed by atoms with Crippen LogP contribution in [0.1, 0.15) is 17.2 Å². The van der Waals surface area contributed by atoms with Crippen molar-refractivity contribution in [2.45, 2.75) is 13.0 Å². The summed E-state index contributed by atoms with van der Waals surface area (Å²) in [5.74, 6) is 0. The third-order valence-electron chi connectivity index (χ3n) is 2.06. The van der Waals surface area contributed by atoms with Gasteiger partial charge in [0.1, 0.15) is 0 Å². The van der Waals surface area contributed by atoms with Gasteiger partial charge >= 0.3 is 0 Å². The zero-order chi connectivity index (χ0) is 9.84. The van der Waals surface area contributed by atoms with E-state index >= 15 is 0 Å². The van der Waals surface area contributed by atoms with Gasteiger partial charge < -0.3 is 10.5 Å². The minimum atomic E-state index is -0.0938. The molecule has 0 aliphatic carbocycles. The summed E-state index contributed by atoms with van der Waals surface area (Å²) >= 11 is 5.96. The van der Waals surface area contributed by atoms with E-state index in [0.717, 1.165) is 16.1 Å². The molecule has 13 heavy (non-hydrogen) atoms. The Morgan fingerprint density at radius 2 is 2.23 bits per heavy atom. The molecule has 1 aromatic rings. The molecular formula is C10H14ClNO. The number of halogens is 1. The Morgan fingerprint density at radius 3 is 2.85 bits per heavy atom. The quantitative estimate of drug-likeness (QED) is 0.811. The van der Waals surface area contributed by atoms with E-state index in [2.05, 4.69) is 0 Å². The Bertz CT molecular complexity index is 288. The summed E-state index contributed by atoms with van der Waals surface area (Å²) < 4.78 is 4.98. The second-order valence-corrected chi connectivity index (χ2v) is 3.42. The topological polar surface area (TPSA) is 35.2 Å². The van der Waals surface area contributed by atoms with Gasteiger partial charge in [-0.1, -0.05) is 23.7 Å². The smallest absolute Gasteiger partial charge is 0.0655 e. The molecule has 1 aromatic carbocycles. The first kappa shape index (κ1) is 10.5. The van der Waals surface area contributed by atoms with Gasteiger partial charge in [-0.05, 0) is 24.1 Å². The fraction of sp³-hybridized carbons (Fsp3) is 0.400. The van der Waals surface area contributed by atoms with Crippen LogP contribution in [0.3, 0.4) is 0 Å². The summed E-state index contributed by atoms with van der Waals surface area (Å²) in [6.45, 7) is 2.48. The van der Waals surface area contributed by atoms with E-state index in [4.69, 9.17) is 22.1 Å². The first-order chi connectivity index (χ1) is 6.16. The van der Waals surface area contributed by atoms with E-state index in [0.29, 0.717) is 6.61 Å². The van der Waals surface area contributed by atoms with Gasteiger partial charge in [-0.25, -0.2) is 0 Å². The molecule has 0 bridgehead atoms. The minimum Gasteiger partial charge on any atom is -0.383 e. The number of hydrogen-bond acceptors (Lipinski definition) is 2. The molecule has 0 unspecified atom stereocenters.